The summed E-state index contributed by atoms with van der Waals surface area (Å²) in [6.45, 7) is 4.47. The first-order chi connectivity index (χ1) is 15.1. The van der Waals surface area contributed by atoms with Gasteiger partial charge in [-0.2, -0.15) is 0 Å². The van der Waals surface area contributed by atoms with Crippen molar-refractivity contribution >= 4 is 43.6 Å². The molecule has 0 aliphatic rings. The number of fused-ring (bicyclic) bond motifs is 2. The van der Waals surface area contributed by atoms with Crippen LogP contribution in [-0.4, -0.2) is 25.8 Å². The molecule has 5 rings (SSSR count). The molecule has 0 saturated heterocycles. The molecule has 31 heavy (non-hydrogen) atoms. The largest absolute Gasteiger partial charge is 0.280 e. The zero-order valence-electron chi connectivity index (χ0n) is 17.1. The predicted molar refractivity (Wildman–Crippen MR) is 123 cm³/mol. The first-order valence-corrected chi connectivity index (χ1v) is 10.7. The van der Waals surface area contributed by atoms with Gasteiger partial charge in [0, 0.05) is 12.4 Å². The number of thiazole rings is 1. The van der Waals surface area contributed by atoms with Crippen molar-refractivity contribution in [2.75, 3.05) is 4.90 Å². The molecule has 0 fully saturated rings. The minimum absolute atomic E-state index is 0.240. The highest BCUT2D eigenvalue weighted by molar-refractivity contribution is 7.22. The summed E-state index contributed by atoms with van der Waals surface area (Å²) in [6.07, 6.45) is 5.01. The third kappa shape index (κ3) is 3.75. The van der Waals surface area contributed by atoms with Crippen molar-refractivity contribution in [3.05, 3.63) is 89.5 Å². The molecule has 0 bridgehead atoms. The van der Waals surface area contributed by atoms with Gasteiger partial charge in [0.15, 0.2) is 5.13 Å². The minimum Gasteiger partial charge on any atom is -0.278 e. The monoisotopic (exact) mass is 425 g/mol. The molecule has 1 amide bonds. The normalized spacial score (nSPS) is 11.2. The van der Waals surface area contributed by atoms with Gasteiger partial charge in [0.25, 0.3) is 5.91 Å². The van der Waals surface area contributed by atoms with Gasteiger partial charge in [0.2, 0.25) is 0 Å². The summed E-state index contributed by atoms with van der Waals surface area (Å²) in [5, 5.41) is 0.632. The molecular formula is C24H19N5OS. The smallest absolute Gasteiger partial charge is 0.278 e. The number of para-hydroxylation sites is 2. The number of hydrogen-bond donors (Lipinski definition) is 0. The summed E-state index contributed by atoms with van der Waals surface area (Å²) in [4.78, 5) is 33.2. The molecule has 0 N–H and O–H groups in total. The lowest BCUT2D eigenvalue weighted by molar-refractivity contribution is 0.0980. The fourth-order valence-electron chi connectivity index (χ4n) is 3.58. The second-order valence-electron chi connectivity index (χ2n) is 7.42. The summed E-state index contributed by atoms with van der Waals surface area (Å²) in [6, 6.07) is 15.5. The van der Waals surface area contributed by atoms with Gasteiger partial charge in [-0.3, -0.25) is 19.7 Å². The molecule has 6 nitrogen and oxygen atoms in total. The van der Waals surface area contributed by atoms with E-state index in [9.17, 15) is 4.79 Å². The number of carbonyl (C=O) groups is 1. The van der Waals surface area contributed by atoms with Crippen molar-refractivity contribution in [3.63, 3.8) is 0 Å². The summed E-state index contributed by atoms with van der Waals surface area (Å²) in [5.74, 6) is -0.240. The SMILES string of the molecule is Cc1cc(C)c2sc(N(Cc3cccnc3)C(=O)c3cnc4ccccc4n3)nc2c1. The average molecular weight is 426 g/mol. The standard InChI is InChI=1S/C24H19N5OS/c1-15-10-16(2)22-20(11-15)28-24(31-22)29(14-17-6-5-9-25-12-17)23(30)21-13-26-18-7-3-4-8-19(18)27-21/h3-13H,14H2,1-2H3. The molecular weight excluding hydrogens is 406 g/mol. The highest BCUT2D eigenvalue weighted by Gasteiger charge is 2.24. The van der Waals surface area contributed by atoms with E-state index >= 15 is 0 Å². The number of carbonyl (C=O) groups excluding carboxylic acids is 1. The Morgan fingerprint density at radius 1 is 0.968 bits per heavy atom. The quantitative estimate of drug-likeness (QED) is 0.401. The maximum absolute atomic E-state index is 13.6. The summed E-state index contributed by atoms with van der Waals surface area (Å²) in [5.41, 5.74) is 5.83. The van der Waals surface area contributed by atoms with E-state index in [0.29, 0.717) is 17.2 Å². The number of rotatable bonds is 4. The van der Waals surface area contributed by atoms with Crippen LogP contribution in [0.25, 0.3) is 21.3 Å². The lowest BCUT2D eigenvalue weighted by atomic mass is 10.1. The van der Waals surface area contributed by atoms with Gasteiger partial charge in [-0.1, -0.05) is 35.6 Å². The van der Waals surface area contributed by atoms with E-state index in [1.165, 1.54) is 17.5 Å². The van der Waals surface area contributed by atoms with Crippen molar-refractivity contribution in [3.8, 4) is 0 Å². The molecule has 5 aromatic rings. The van der Waals surface area contributed by atoms with Crippen molar-refractivity contribution in [1.82, 2.24) is 19.9 Å². The highest BCUT2D eigenvalue weighted by Crippen LogP contribution is 2.33. The second-order valence-corrected chi connectivity index (χ2v) is 8.40. The molecule has 0 unspecified atom stereocenters. The fourth-order valence-corrected chi connectivity index (χ4v) is 4.59. The van der Waals surface area contributed by atoms with Crippen molar-refractivity contribution in [1.29, 1.82) is 0 Å². The van der Waals surface area contributed by atoms with E-state index in [-0.39, 0.29) is 11.6 Å². The summed E-state index contributed by atoms with van der Waals surface area (Å²) in [7, 11) is 0. The van der Waals surface area contributed by atoms with Gasteiger partial charge in [-0.05, 0) is 54.8 Å². The molecule has 0 aliphatic carbocycles. The van der Waals surface area contributed by atoms with Gasteiger partial charge in [0.05, 0.1) is 34.0 Å². The van der Waals surface area contributed by atoms with Crippen LogP contribution in [-0.2, 0) is 6.54 Å². The number of hydrogen-bond acceptors (Lipinski definition) is 6. The van der Waals surface area contributed by atoms with E-state index in [1.807, 2.05) is 42.5 Å². The van der Waals surface area contributed by atoms with Crippen LogP contribution < -0.4 is 4.90 Å². The van der Waals surface area contributed by atoms with Crippen LogP contribution in [0.2, 0.25) is 0 Å². The lowest BCUT2D eigenvalue weighted by Crippen LogP contribution is -2.31. The highest BCUT2D eigenvalue weighted by atomic mass is 32.1. The maximum atomic E-state index is 13.6. The van der Waals surface area contributed by atoms with Gasteiger partial charge in [-0.15, -0.1) is 0 Å². The fraction of sp³-hybridized carbons (Fsp3) is 0.125. The molecule has 0 atom stereocenters. The number of anilines is 1. The third-order valence-electron chi connectivity index (χ3n) is 5.02. The zero-order valence-corrected chi connectivity index (χ0v) is 17.9. The Kier molecular flexibility index (Phi) is 4.88. The van der Waals surface area contributed by atoms with Crippen molar-refractivity contribution < 1.29 is 4.79 Å². The van der Waals surface area contributed by atoms with E-state index in [2.05, 4.69) is 34.9 Å². The minimum atomic E-state index is -0.240. The van der Waals surface area contributed by atoms with E-state index in [1.54, 1.807) is 17.3 Å². The van der Waals surface area contributed by atoms with E-state index in [0.717, 1.165) is 32.4 Å². The number of aryl methyl sites for hydroxylation is 2. The molecule has 2 aromatic carbocycles. The molecule has 0 radical (unpaired) electrons. The van der Waals surface area contributed by atoms with Crippen LogP contribution in [0.3, 0.4) is 0 Å². The maximum Gasteiger partial charge on any atom is 0.280 e. The lowest BCUT2D eigenvalue weighted by Gasteiger charge is -2.19. The Bertz CT molecular complexity index is 1410. The predicted octanol–water partition coefficient (Wildman–Crippen LogP) is 5.10. The van der Waals surface area contributed by atoms with Crippen LogP contribution in [0.15, 0.2) is 67.1 Å². The van der Waals surface area contributed by atoms with Gasteiger partial charge < -0.3 is 0 Å². The van der Waals surface area contributed by atoms with Crippen LogP contribution in [0.1, 0.15) is 27.2 Å². The topological polar surface area (TPSA) is 71.9 Å². The molecule has 3 aromatic heterocycles. The summed E-state index contributed by atoms with van der Waals surface area (Å²) >= 11 is 1.51. The Labute approximate surface area is 183 Å². The number of nitrogens with zero attached hydrogens (tertiary/aromatic N) is 5. The third-order valence-corrected chi connectivity index (χ3v) is 6.25. The van der Waals surface area contributed by atoms with Crippen molar-refractivity contribution in [2.45, 2.75) is 20.4 Å². The Morgan fingerprint density at radius 2 is 1.81 bits per heavy atom. The second kappa shape index (κ2) is 7.85. The molecule has 152 valence electrons. The number of benzene rings is 2. The van der Waals surface area contributed by atoms with Crippen molar-refractivity contribution in [2.24, 2.45) is 0 Å². The van der Waals surface area contributed by atoms with Crippen LogP contribution in [0, 0.1) is 13.8 Å². The van der Waals surface area contributed by atoms with Crippen LogP contribution >= 0.6 is 11.3 Å². The first-order valence-electron chi connectivity index (χ1n) is 9.89. The molecule has 0 saturated carbocycles. The number of pyridine rings is 1. The Hall–Kier alpha value is -3.71. The van der Waals surface area contributed by atoms with Crippen LogP contribution in [0.5, 0.6) is 0 Å². The number of amides is 1. The first kappa shape index (κ1) is 19.3. The zero-order chi connectivity index (χ0) is 21.4. The number of aromatic nitrogens is 4. The summed E-state index contributed by atoms with van der Waals surface area (Å²) < 4.78 is 1.08. The van der Waals surface area contributed by atoms with E-state index in [4.69, 9.17) is 4.98 Å². The Morgan fingerprint density at radius 3 is 2.61 bits per heavy atom. The van der Waals surface area contributed by atoms with Gasteiger partial charge in [0.1, 0.15) is 5.69 Å². The molecule has 3 heterocycles. The Balaban J connectivity index is 1.61. The van der Waals surface area contributed by atoms with E-state index < -0.39 is 0 Å². The van der Waals surface area contributed by atoms with Gasteiger partial charge in [-0.25, -0.2) is 9.97 Å². The van der Waals surface area contributed by atoms with Gasteiger partial charge >= 0.3 is 0 Å². The molecule has 7 heteroatoms. The average Bonchev–Trinajstić information content (AvgIpc) is 3.21. The molecule has 0 spiro atoms. The van der Waals surface area contributed by atoms with Crippen LogP contribution in [0.4, 0.5) is 5.13 Å². The molecule has 0 aliphatic heterocycles.